The molecular weight excluding hydrogens is 304 g/mol. The van der Waals surface area contributed by atoms with Crippen LogP contribution >= 0.6 is 15.9 Å². The largest absolute Gasteiger partial charge is 0.376 e. The fourth-order valence-corrected chi connectivity index (χ4v) is 2.02. The van der Waals surface area contributed by atoms with Gasteiger partial charge in [0.25, 0.3) is 0 Å². The zero-order valence-corrected chi connectivity index (χ0v) is 13.7. The van der Waals surface area contributed by atoms with Crippen LogP contribution in [0, 0.1) is 19.8 Å². The van der Waals surface area contributed by atoms with Gasteiger partial charge in [-0.15, -0.1) is 0 Å². The SMILES string of the molecule is Cc1cc(NCC(=O)NCCC(C)C)cc(C)c1Br. The number of anilines is 1. The third kappa shape index (κ3) is 5.64. The summed E-state index contributed by atoms with van der Waals surface area (Å²) >= 11 is 3.53. The first-order valence-corrected chi connectivity index (χ1v) is 7.46. The Bertz CT molecular complexity index is 421. The average Bonchev–Trinajstić information content (AvgIpc) is 2.32. The van der Waals surface area contributed by atoms with E-state index in [0.717, 1.165) is 23.1 Å². The number of hydrogen-bond acceptors (Lipinski definition) is 2. The Labute approximate surface area is 124 Å². The molecule has 0 aliphatic rings. The molecule has 1 amide bonds. The van der Waals surface area contributed by atoms with Crippen molar-refractivity contribution >= 4 is 27.5 Å². The minimum Gasteiger partial charge on any atom is -0.376 e. The molecule has 4 heteroatoms. The lowest BCUT2D eigenvalue weighted by molar-refractivity contribution is -0.119. The molecule has 0 saturated carbocycles. The second-order valence-corrected chi connectivity index (χ2v) is 6.10. The lowest BCUT2D eigenvalue weighted by atomic mass is 10.1. The number of halogens is 1. The number of nitrogens with one attached hydrogen (secondary N) is 2. The van der Waals surface area contributed by atoms with Crippen molar-refractivity contribution in [1.29, 1.82) is 0 Å². The Morgan fingerprint density at radius 2 is 1.84 bits per heavy atom. The maximum absolute atomic E-state index is 11.7. The molecule has 0 heterocycles. The Morgan fingerprint density at radius 1 is 1.26 bits per heavy atom. The molecule has 0 fully saturated rings. The number of rotatable bonds is 6. The van der Waals surface area contributed by atoms with Crippen LogP contribution in [-0.4, -0.2) is 19.0 Å². The fourth-order valence-electron chi connectivity index (χ4n) is 1.79. The van der Waals surface area contributed by atoms with Gasteiger partial charge in [-0.2, -0.15) is 0 Å². The van der Waals surface area contributed by atoms with Crippen molar-refractivity contribution in [3.63, 3.8) is 0 Å². The molecule has 0 aromatic heterocycles. The summed E-state index contributed by atoms with van der Waals surface area (Å²) in [6.45, 7) is 9.46. The van der Waals surface area contributed by atoms with Crippen LogP contribution in [0.5, 0.6) is 0 Å². The molecule has 0 unspecified atom stereocenters. The fraction of sp³-hybridized carbons (Fsp3) is 0.533. The van der Waals surface area contributed by atoms with Crippen molar-refractivity contribution < 1.29 is 4.79 Å². The van der Waals surface area contributed by atoms with Gasteiger partial charge in [-0.05, 0) is 49.4 Å². The third-order valence-electron chi connectivity index (χ3n) is 2.93. The highest BCUT2D eigenvalue weighted by Gasteiger charge is 2.04. The number of benzene rings is 1. The molecule has 19 heavy (non-hydrogen) atoms. The van der Waals surface area contributed by atoms with Gasteiger partial charge in [0, 0.05) is 16.7 Å². The third-order valence-corrected chi connectivity index (χ3v) is 4.18. The number of aryl methyl sites for hydroxylation is 2. The van der Waals surface area contributed by atoms with Gasteiger partial charge in [0.2, 0.25) is 5.91 Å². The molecule has 0 aliphatic heterocycles. The maximum Gasteiger partial charge on any atom is 0.239 e. The number of hydrogen-bond donors (Lipinski definition) is 2. The highest BCUT2D eigenvalue weighted by atomic mass is 79.9. The van der Waals surface area contributed by atoms with E-state index in [-0.39, 0.29) is 5.91 Å². The molecule has 0 bridgehead atoms. The van der Waals surface area contributed by atoms with Crippen LogP contribution in [0.2, 0.25) is 0 Å². The first-order chi connectivity index (χ1) is 8.90. The van der Waals surface area contributed by atoms with Gasteiger partial charge < -0.3 is 10.6 Å². The van der Waals surface area contributed by atoms with Crippen molar-refractivity contribution in [3.05, 3.63) is 27.7 Å². The minimum absolute atomic E-state index is 0.0406. The summed E-state index contributed by atoms with van der Waals surface area (Å²) in [5.41, 5.74) is 3.32. The number of carbonyl (C=O) groups is 1. The topological polar surface area (TPSA) is 41.1 Å². The van der Waals surface area contributed by atoms with E-state index in [9.17, 15) is 4.79 Å². The molecule has 0 spiro atoms. The van der Waals surface area contributed by atoms with Crippen LogP contribution < -0.4 is 10.6 Å². The molecule has 1 rings (SSSR count). The second kappa shape index (κ2) is 7.53. The Kier molecular flexibility index (Phi) is 6.35. The van der Waals surface area contributed by atoms with Gasteiger partial charge in [-0.25, -0.2) is 0 Å². The maximum atomic E-state index is 11.7. The number of amides is 1. The predicted molar refractivity (Wildman–Crippen MR) is 84.6 cm³/mol. The Hall–Kier alpha value is -1.03. The summed E-state index contributed by atoms with van der Waals surface area (Å²) in [5.74, 6) is 0.656. The van der Waals surface area contributed by atoms with Gasteiger partial charge in [-0.3, -0.25) is 4.79 Å². The van der Waals surface area contributed by atoms with E-state index < -0.39 is 0 Å². The molecule has 0 radical (unpaired) electrons. The van der Waals surface area contributed by atoms with E-state index in [0.29, 0.717) is 12.5 Å². The van der Waals surface area contributed by atoms with E-state index in [1.807, 2.05) is 26.0 Å². The highest BCUT2D eigenvalue weighted by molar-refractivity contribution is 9.10. The first-order valence-electron chi connectivity index (χ1n) is 6.67. The summed E-state index contributed by atoms with van der Waals surface area (Å²) in [6, 6.07) is 4.08. The van der Waals surface area contributed by atoms with Gasteiger partial charge in [0.1, 0.15) is 0 Å². The van der Waals surface area contributed by atoms with Crippen LogP contribution in [0.1, 0.15) is 31.4 Å². The van der Waals surface area contributed by atoms with Gasteiger partial charge in [-0.1, -0.05) is 29.8 Å². The van der Waals surface area contributed by atoms with E-state index in [4.69, 9.17) is 0 Å². The highest BCUT2D eigenvalue weighted by Crippen LogP contribution is 2.24. The van der Waals surface area contributed by atoms with E-state index in [2.05, 4.69) is 40.4 Å². The second-order valence-electron chi connectivity index (χ2n) is 5.31. The van der Waals surface area contributed by atoms with Crippen molar-refractivity contribution in [2.24, 2.45) is 5.92 Å². The summed E-state index contributed by atoms with van der Waals surface area (Å²) < 4.78 is 1.12. The molecule has 0 saturated heterocycles. The first kappa shape index (κ1) is 16.0. The van der Waals surface area contributed by atoms with Crippen LogP contribution in [0.3, 0.4) is 0 Å². The Balaban J connectivity index is 2.42. The number of carbonyl (C=O) groups excluding carboxylic acids is 1. The van der Waals surface area contributed by atoms with Crippen LogP contribution in [0.4, 0.5) is 5.69 Å². The van der Waals surface area contributed by atoms with Crippen molar-refractivity contribution in [1.82, 2.24) is 5.32 Å². The molecule has 0 aliphatic carbocycles. The van der Waals surface area contributed by atoms with Crippen LogP contribution in [0.25, 0.3) is 0 Å². The molecule has 2 N–H and O–H groups in total. The normalized spacial score (nSPS) is 10.6. The smallest absolute Gasteiger partial charge is 0.239 e. The van der Waals surface area contributed by atoms with Crippen molar-refractivity contribution in [3.8, 4) is 0 Å². The lowest BCUT2D eigenvalue weighted by Crippen LogP contribution is -2.31. The summed E-state index contributed by atoms with van der Waals surface area (Å²) in [5, 5.41) is 6.07. The van der Waals surface area contributed by atoms with Crippen molar-refractivity contribution in [2.75, 3.05) is 18.4 Å². The van der Waals surface area contributed by atoms with E-state index in [1.54, 1.807) is 0 Å². The zero-order valence-electron chi connectivity index (χ0n) is 12.1. The average molecular weight is 327 g/mol. The molecular formula is C15H23BrN2O. The van der Waals surface area contributed by atoms with E-state index >= 15 is 0 Å². The molecule has 1 aromatic rings. The predicted octanol–water partition coefficient (Wildman–Crippen LogP) is 3.64. The van der Waals surface area contributed by atoms with Crippen LogP contribution in [0.15, 0.2) is 16.6 Å². The van der Waals surface area contributed by atoms with Gasteiger partial charge in [0.15, 0.2) is 0 Å². The molecule has 0 atom stereocenters. The Morgan fingerprint density at radius 3 is 2.37 bits per heavy atom. The summed E-state index contributed by atoms with van der Waals surface area (Å²) in [6.07, 6.45) is 1.02. The van der Waals surface area contributed by atoms with E-state index in [1.165, 1.54) is 11.1 Å². The van der Waals surface area contributed by atoms with Crippen molar-refractivity contribution in [2.45, 2.75) is 34.1 Å². The summed E-state index contributed by atoms with van der Waals surface area (Å²) in [4.78, 5) is 11.7. The minimum atomic E-state index is 0.0406. The lowest BCUT2D eigenvalue weighted by Gasteiger charge is -2.11. The monoisotopic (exact) mass is 326 g/mol. The molecule has 1 aromatic carbocycles. The van der Waals surface area contributed by atoms with Gasteiger partial charge >= 0.3 is 0 Å². The summed E-state index contributed by atoms with van der Waals surface area (Å²) in [7, 11) is 0. The van der Waals surface area contributed by atoms with Crippen LogP contribution in [-0.2, 0) is 4.79 Å². The molecule has 3 nitrogen and oxygen atoms in total. The van der Waals surface area contributed by atoms with Gasteiger partial charge in [0.05, 0.1) is 6.54 Å². The standard InChI is InChI=1S/C15H23BrN2O/c1-10(2)5-6-17-14(19)9-18-13-7-11(3)15(16)12(4)8-13/h7-8,10,18H,5-6,9H2,1-4H3,(H,17,19). The quantitative estimate of drug-likeness (QED) is 0.837. The molecule has 106 valence electrons. The zero-order chi connectivity index (χ0) is 14.4.